The first-order chi connectivity index (χ1) is 5.40. The normalized spacial score (nSPS) is 21.7. The van der Waals surface area contributed by atoms with Crippen LogP contribution < -0.4 is 9.47 Å². The van der Waals surface area contributed by atoms with Gasteiger partial charge < -0.3 is 9.47 Å². The van der Waals surface area contributed by atoms with Crippen molar-refractivity contribution in [3.8, 4) is 11.5 Å². The first-order valence-corrected chi connectivity index (χ1v) is 4.79. The summed E-state index contributed by atoms with van der Waals surface area (Å²) in [6.45, 7) is 0.563. The van der Waals surface area contributed by atoms with E-state index in [1.165, 1.54) is 0 Å². The van der Waals surface area contributed by atoms with Crippen LogP contribution in [0.4, 0.5) is 0 Å². The summed E-state index contributed by atoms with van der Waals surface area (Å²) in [5.74, 6) is 2.15. The molecule has 2 nitrogen and oxygen atoms in total. The van der Waals surface area contributed by atoms with Crippen LogP contribution in [0.15, 0.2) is 10.8 Å². The lowest BCUT2D eigenvalue weighted by Crippen LogP contribution is -2.29. The average Bonchev–Trinajstić information content (AvgIpc) is 2.50. The second-order valence-electron chi connectivity index (χ2n) is 2.31. The topological polar surface area (TPSA) is 18.5 Å². The maximum absolute atomic E-state index is 5.61. The summed E-state index contributed by atoms with van der Waals surface area (Å²) < 4.78 is 10.8. The molecule has 4 heteroatoms. The summed E-state index contributed by atoms with van der Waals surface area (Å²) in [6.07, 6.45) is 0.0127. The van der Waals surface area contributed by atoms with Crippen molar-refractivity contribution in [3.63, 3.8) is 0 Å². The molecule has 0 saturated carbocycles. The van der Waals surface area contributed by atoms with Gasteiger partial charge in [-0.1, -0.05) is 0 Å². The Kier molecular flexibility index (Phi) is 1.92. The molecule has 0 N–H and O–H groups in total. The van der Waals surface area contributed by atoms with Crippen molar-refractivity contribution in [1.82, 2.24) is 0 Å². The van der Waals surface area contributed by atoms with Crippen molar-refractivity contribution < 1.29 is 9.47 Å². The number of hydrogen-bond acceptors (Lipinski definition) is 3. The van der Waals surface area contributed by atoms with Crippen LogP contribution in [-0.4, -0.2) is 18.6 Å². The van der Waals surface area contributed by atoms with E-state index >= 15 is 0 Å². The number of rotatable bonds is 1. The van der Waals surface area contributed by atoms with Gasteiger partial charge in [-0.25, -0.2) is 0 Å². The zero-order chi connectivity index (χ0) is 7.68. The number of alkyl halides is 1. The number of fused-ring (bicyclic) bond motifs is 1. The minimum Gasteiger partial charge on any atom is -0.485 e. The van der Waals surface area contributed by atoms with Crippen LogP contribution in [0.1, 0.15) is 0 Å². The molecule has 1 aliphatic rings. The molecule has 2 rings (SSSR count). The Labute approximate surface area is 73.7 Å². The van der Waals surface area contributed by atoms with Gasteiger partial charge >= 0.3 is 0 Å². The lowest BCUT2D eigenvalue weighted by molar-refractivity contribution is 0.108. The molecule has 0 saturated heterocycles. The molecule has 0 spiro atoms. The number of thiophene rings is 1. The van der Waals surface area contributed by atoms with Gasteiger partial charge in [0.05, 0.1) is 5.88 Å². The van der Waals surface area contributed by atoms with Crippen LogP contribution in [0.5, 0.6) is 11.5 Å². The third kappa shape index (κ3) is 1.30. The molecule has 1 aromatic heterocycles. The third-order valence-corrected chi connectivity index (χ3v) is 2.53. The fourth-order valence-corrected chi connectivity index (χ4v) is 1.76. The number of halogens is 1. The van der Waals surface area contributed by atoms with E-state index in [0.717, 1.165) is 11.5 Å². The average molecular weight is 191 g/mol. The zero-order valence-corrected chi connectivity index (χ0v) is 7.32. The Morgan fingerprint density at radius 2 is 2.36 bits per heavy atom. The first-order valence-electron chi connectivity index (χ1n) is 3.32. The van der Waals surface area contributed by atoms with Crippen LogP contribution in [0.3, 0.4) is 0 Å². The second-order valence-corrected chi connectivity index (χ2v) is 3.36. The fraction of sp³-hybridized carbons (Fsp3) is 0.429. The molecule has 11 heavy (non-hydrogen) atoms. The summed E-state index contributed by atoms with van der Waals surface area (Å²) in [7, 11) is 0. The molecule has 1 aromatic rings. The van der Waals surface area contributed by atoms with E-state index in [4.69, 9.17) is 21.1 Å². The molecular weight excluding hydrogens is 184 g/mol. The Morgan fingerprint density at radius 1 is 1.55 bits per heavy atom. The Morgan fingerprint density at radius 3 is 3.18 bits per heavy atom. The van der Waals surface area contributed by atoms with Gasteiger partial charge in [0, 0.05) is 10.8 Å². The molecule has 0 aromatic carbocycles. The maximum atomic E-state index is 5.61. The minimum absolute atomic E-state index is 0.0127. The summed E-state index contributed by atoms with van der Waals surface area (Å²) in [4.78, 5) is 0. The minimum atomic E-state index is 0.0127. The zero-order valence-electron chi connectivity index (χ0n) is 5.75. The summed E-state index contributed by atoms with van der Waals surface area (Å²) in [5.41, 5.74) is 0. The van der Waals surface area contributed by atoms with E-state index in [-0.39, 0.29) is 6.10 Å². The van der Waals surface area contributed by atoms with Gasteiger partial charge in [0.1, 0.15) is 12.7 Å². The Bertz CT molecular complexity index is 248. The highest BCUT2D eigenvalue weighted by atomic mass is 35.5. The van der Waals surface area contributed by atoms with Crippen LogP contribution in [-0.2, 0) is 0 Å². The molecule has 1 unspecified atom stereocenters. The molecule has 0 aliphatic carbocycles. The van der Waals surface area contributed by atoms with Crippen LogP contribution in [0.2, 0.25) is 0 Å². The van der Waals surface area contributed by atoms with Crippen molar-refractivity contribution in [2.75, 3.05) is 12.5 Å². The van der Waals surface area contributed by atoms with Gasteiger partial charge in [0.15, 0.2) is 11.5 Å². The standard InChI is InChI=1S/C7H7ClO2S/c8-1-5-2-9-6-3-11-4-7(6)10-5/h3-5H,1-2H2. The van der Waals surface area contributed by atoms with Gasteiger partial charge in [-0.2, -0.15) is 0 Å². The third-order valence-electron chi connectivity index (χ3n) is 1.48. The van der Waals surface area contributed by atoms with Gasteiger partial charge in [0.2, 0.25) is 0 Å². The van der Waals surface area contributed by atoms with Crippen LogP contribution in [0, 0.1) is 0 Å². The van der Waals surface area contributed by atoms with E-state index < -0.39 is 0 Å². The van der Waals surface area contributed by atoms with E-state index in [1.807, 2.05) is 10.8 Å². The SMILES string of the molecule is ClCC1COc2cscc2O1. The predicted molar refractivity (Wildman–Crippen MR) is 45.0 cm³/mol. The Balaban J connectivity index is 2.18. The quantitative estimate of drug-likeness (QED) is 0.632. The highest BCUT2D eigenvalue weighted by molar-refractivity contribution is 7.08. The van der Waals surface area contributed by atoms with Gasteiger partial charge in [-0.3, -0.25) is 0 Å². The monoisotopic (exact) mass is 190 g/mol. The van der Waals surface area contributed by atoms with Crippen molar-refractivity contribution in [2.24, 2.45) is 0 Å². The van der Waals surface area contributed by atoms with Gasteiger partial charge in [-0.15, -0.1) is 22.9 Å². The Hall–Kier alpha value is -0.410. The highest BCUT2D eigenvalue weighted by Gasteiger charge is 2.20. The van der Waals surface area contributed by atoms with Gasteiger partial charge in [-0.05, 0) is 0 Å². The van der Waals surface area contributed by atoms with Crippen molar-refractivity contribution in [2.45, 2.75) is 6.10 Å². The molecule has 0 radical (unpaired) electrons. The number of ether oxygens (including phenoxy) is 2. The predicted octanol–water partition coefficient (Wildman–Crippen LogP) is 2.13. The van der Waals surface area contributed by atoms with E-state index in [1.54, 1.807) is 11.3 Å². The van der Waals surface area contributed by atoms with E-state index in [0.29, 0.717) is 12.5 Å². The van der Waals surface area contributed by atoms with Crippen molar-refractivity contribution >= 4 is 22.9 Å². The summed E-state index contributed by atoms with van der Waals surface area (Å²) in [5, 5.41) is 3.85. The van der Waals surface area contributed by atoms with Gasteiger partial charge in [0.25, 0.3) is 0 Å². The summed E-state index contributed by atoms with van der Waals surface area (Å²) in [6, 6.07) is 0. The van der Waals surface area contributed by atoms with Crippen LogP contribution in [0.25, 0.3) is 0 Å². The highest BCUT2D eigenvalue weighted by Crippen LogP contribution is 2.35. The van der Waals surface area contributed by atoms with E-state index in [9.17, 15) is 0 Å². The molecule has 1 aliphatic heterocycles. The molecule has 0 fully saturated rings. The summed E-state index contributed by atoms with van der Waals surface area (Å²) >= 11 is 7.19. The molecule has 1 atom stereocenters. The molecular formula is C7H7ClO2S. The second kappa shape index (κ2) is 2.91. The van der Waals surface area contributed by atoms with Crippen LogP contribution >= 0.6 is 22.9 Å². The van der Waals surface area contributed by atoms with Crippen molar-refractivity contribution in [1.29, 1.82) is 0 Å². The lowest BCUT2D eigenvalue weighted by atomic mass is 10.4. The molecule has 60 valence electrons. The van der Waals surface area contributed by atoms with Crippen molar-refractivity contribution in [3.05, 3.63) is 10.8 Å². The molecule has 0 bridgehead atoms. The maximum Gasteiger partial charge on any atom is 0.172 e. The molecule has 2 heterocycles. The lowest BCUT2D eigenvalue weighted by Gasteiger charge is -2.22. The smallest absolute Gasteiger partial charge is 0.172 e. The van der Waals surface area contributed by atoms with E-state index in [2.05, 4.69) is 0 Å². The largest absolute Gasteiger partial charge is 0.485 e. The first kappa shape index (κ1) is 7.25. The number of hydrogen-bond donors (Lipinski definition) is 0. The fourth-order valence-electron chi connectivity index (χ4n) is 0.937. The molecule has 0 amide bonds.